The van der Waals surface area contributed by atoms with Crippen LogP contribution in [0.1, 0.15) is 28.9 Å². The van der Waals surface area contributed by atoms with Crippen molar-refractivity contribution < 1.29 is 9.18 Å². The van der Waals surface area contributed by atoms with E-state index < -0.39 is 0 Å². The van der Waals surface area contributed by atoms with Crippen molar-refractivity contribution in [1.29, 1.82) is 0 Å². The first-order valence-electron chi connectivity index (χ1n) is 7.34. The summed E-state index contributed by atoms with van der Waals surface area (Å²) in [5, 5.41) is 4.96. The molecule has 116 valence electrons. The van der Waals surface area contributed by atoms with E-state index in [1.165, 1.54) is 17.0 Å². The number of carbonyl (C=O) groups is 1. The highest BCUT2D eigenvalue weighted by Gasteiger charge is 2.11. The van der Waals surface area contributed by atoms with Crippen molar-refractivity contribution in [2.75, 3.05) is 0 Å². The van der Waals surface area contributed by atoms with Crippen LogP contribution < -0.4 is 5.32 Å². The summed E-state index contributed by atoms with van der Waals surface area (Å²) in [6, 6.07) is 17.6. The van der Waals surface area contributed by atoms with E-state index in [-0.39, 0.29) is 17.8 Å². The SMILES string of the molecule is CC(NC(=O)c1ccc(-c2cccs2)cc1)c1ccc(F)cc1. The lowest BCUT2D eigenvalue weighted by Crippen LogP contribution is -2.26. The normalized spacial score (nSPS) is 11.9. The van der Waals surface area contributed by atoms with Crippen LogP contribution in [0.25, 0.3) is 10.4 Å². The summed E-state index contributed by atoms with van der Waals surface area (Å²) >= 11 is 1.67. The summed E-state index contributed by atoms with van der Waals surface area (Å²) in [5.41, 5.74) is 2.58. The summed E-state index contributed by atoms with van der Waals surface area (Å²) in [5.74, 6) is -0.420. The number of halogens is 1. The number of thiophene rings is 1. The van der Waals surface area contributed by atoms with Crippen LogP contribution in [0.5, 0.6) is 0 Å². The maximum atomic E-state index is 12.9. The number of carbonyl (C=O) groups excluding carboxylic acids is 1. The third-order valence-electron chi connectivity index (χ3n) is 3.67. The minimum absolute atomic E-state index is 0.139. The largest absolute Gasteiger partial charge is 0.346 e. The third-order valence-corrected chi connectivity index (χ3v) is 4.59. The lowest BCUT2D eigenvalue weighted by Gasteiger charge is -2.14. The van der Waals surface area contributed by atoms with Crippen molar-refractivity contribution in [3.05, 3.63) is 83.0 Å². The van der Waals surface area contributed by atoms with Gasteiger partial charge in [-0.25, -0.2) is 4.39 Å². The molecule has 1 amide bonds. The zero-order valence-electron chi connectivity index (χ0n) is 12.6. The van der Waals surface area contributed by atoms with Crippen LogP contribution in [0.4, 0.5) is 4.39 Å². The van der Waals surface area contributed by atoms with Crippen molar-refractivity contribution in [2.45, 2.75) is 13.0 Å². The zero-order valence-corrected chi connectivity index (χ0v) is 13.4. The fourth-order valence-electron chi connectivity index (χ4n) is 2.34. The van der Waals surface area contributed by atoms with Gasteiger partial charge in [0.15, 0.2) is 0 Å². The van der Waals surface area contributed by atoms with Crippen molar-refractivity contribution in [2.24, 2.45) is 0 Å². The summed E-state index contributed by atoms with van der Waals surface area (Å²) in [6.45, 7) is 1.88. The molecule has 1 atom stereocenters. The van der Waals surface area contributed by atoms with E-state index in [2.05, 4.69) is 11.4 Å². The summed E-state index contributed by atoms with van der Waals surface area (Å²) < 4.78 is 12.9. The van der Waals surface area contributed by atoms with Crippen LogP contribution in [0, 0.1) is 5.82 Å². The Morgan fingerprint density at radius 1 is 1.04 bits per heavy atom. The Morgan fingerprint density at radius 2 is 1.74 bits per heavy atom. The van der Waals surface area contributed by atoms with Gasteiger partial charge < -0.3 is 5.32 Å². The topological polar surface area (TPSA) is 29.1 Å². The molecule has 0 spiro atoms. The van der Waals surface area contributed by atoms with E-state index in [9.17, 15) is 9.18 Å². The number of hydrogen-bond donors (Lipinski definition) is 1. The predicted molar refractivity (Wildman–Crippen MR) is 92.0 cm³/mol. The van der Waals surface area contributed by atoms with E-state index in [1.54, 1.807) is 23.5 Å². The second kappa shape index (κ2) is 6.75. The first-order valence-corrected chi connectivity index (χ1v) is 8.22. The van der Waals surface area contributed by atoms with Gasteiger partial charge in [0.05, 0.1) is 6.04 Å². The van der Waals surface area contributed by atoms with Gasteiger partial charge in [-0.3, -0.25) is 4.79 Å². The summed E-state index contributed by atoms with van der Waals surface area (Å²) in [4.78, 5) is 13.5. The van der Waals surface area contributed by atoms with Crippen LogP contribution in [-0.2, 0) is 0 Å². The number of hydrogen-bond acceptors (Lipinski definition) is 2. The van der Waals surface area contributed by atoms with E-state index in [0.29, 0.717) is 5.56 Å². The lowest BCUT2D eigenvalue weighted by molar-refractivity contribution is 0.0940. The fraction of sp³-hybridized carbons (Fsp3) is 0.105. The number of benzene rings is 2. The Balaban J connectivity index is 1.69. The zero-order chi connectivity index (χ0) is 16.2. The second-order valence-corrected chi connectivity index (χ2v) is 6.25. The maximum Gasteiger partial charge on any atom is 0.251 e. The van der Waals surface area contributed by atoms with Crippen LogP contribution in [0.3, 0.4) is 0 Å². The maximum absolute atomic E-state index is 12.9. The van der Waals surface area contributed by atoms with Gasteiger partial charge in [0.25, 0.3) is 5.91 Å². The number of rotatable bonds is 4. The van der Waals surface area contributed by atoms with E-state index in [4.69, 9.17) is 0 Å². The molecule has 1 unspecified atom stereocenters. The average Bonchev–Trinajstić information content (AvgIpc) is 3.10. The lowest BCUT2D eigenvalue weighted by atomic mass is 10.1. The highest BCUT2D eigenvalue weighted by molar-refractivity contribution is 7.13. The Kier molecular flexibility index (Phi) is 4.53. The quantitative estimate of drug-likeness (QED) is 0.715. The van der Waals surface area contributed by atoms with Gasteiger partial charge in [-0.05, 0) is 53.8 Å². The van der Waals surface area contributed by atoms with Gasteiger partial charge in [-0.2, -0.15) is 0 Å². The van der Waals surface area contributed by atoms with E-state index in [0.717, 1.165) is 11.1 Å². The Bertz CT molecular complexity index is 779. The monoisotopic (exact) mass is 325 g/mol. The third kappa shape index (κ3) is 3.66. The van der Waals surface area contributed by atoms with E-state index in [1.807, 2.05) is 42.6 Å². The Labute approximate surface area is 138 Å². The molecule has 3 rings (SSSR count). The molecule has 3 aromatic rings. The van der Waals surface area contributed by atoms with Crippen LogP contribution in [0.2, 0.25) is 0 Å². The van der Waals surface area contributed by atoms with Crippen molar-refractivity contribution in [3.63, 3.8) is 0 Å². The molecule has 2 aromatic carbocycles. The fourth-order valence-corrected chi connectivity index (χ4v) is 3.08. The summed E-state index contributed by atoms with van der Waals surface area (Å²) in [7, 11) is 0. The van der Waals surface area contributed by atoms with Gasteiger partial charge in [0.2, 0.25) is 0 Å². The Morgan fingerprint density at radius 3 is 2.35 bits per heavy atom. The van der Waals surface area contributed by atoms with Crippen molar-refractivity contribution in [1.82, 2.24) is 5.32 Å². The van der Waals surface area contributed by atoms with Gasteiger partial charge in [0, 0.05) is 10.4 Å². The molecule has 0 saturated carbocycles. The van der Waals surface area contributed by atoms with E-state index >= 15 is 0 Å². The summed E-state index contributed by atoms with van der Waals surface area (Å²) in [6.07, 6.45) is 0. The average molecular weight is 325 g/mol. The minimum atomic E-state index is -0.281. The molecule has 0 aliphatic carbocycles. The molecule has 0 aliphatic heterocycles. The second-order valence-electron chi connectivity index (χ2n) is 5.30. The van der Waals surface area contributed by atoms with Gasteiger partial charge in [-0.1, -0.05) is 30.3 Å². The molecule has 0 bridgehead atoms. The van der Waals surface area contributed by atoms with Gasteiger partial charge in [-0.15, -0.1) is 11.3 Å². The molecule has 1 N–H and O–H groups in total. The standard InChI is InChI=1S/C19H16FNOS/c1-13(14-8-10-17(20)11-9-14)21-19(22)16-6-4-15(5-7-16)18-3-2-12-23-18/h2-13H,1H3,(H,21,22). The van der Waals surface area contributed by atoms with Crippen molar-refractivity contribution in [3.8, 4) is 10.4 Å². The van der Waals surface area contributed by atoms with Gasteiger partial charge in [0.1, 0.15) is 5.82 Å². The van der Waals surface area contributed by atoms with Crippen LogP contribution >= 0.6 is 11.3 Å². The van der Waals surface area contributed by atoms with Crippen LogP contribution in [-0.4, -0.2) is 5.91 Å². The molecule has 0 fully saturated rings. The first-order chi connectivity index (χ1) is 11.1. The molecule has 0 radical (unpaired) electrons. The highest BCUT2D eigenvalue weighted by Crippen LogP contribution is 2.24. The molecule has 4 heteroatoms. The molecule has 0 saturated heterocycles. The van der Waals surface area contributed by atoms with Crippen molar-refractivity contribution >= 4 is 17.2 Å². The number of amides is 1. The molecular weight excluding hydrogens is 309 g/mol. The van der Waals surface area contributed by atoms with Gasteiger partial charge >= 0.3 is 0 Å². The predicted octanol–water partition coefficient (Wildman–Crippen LogP) is 5.05. The van der Waals surface area contributed by atoms with Crippen LogP contribution in [0.15, 0.2) is 66.0 Å². The number of nitrogens with one attached hydrogen (secondary N) is 1. The minimum Gasteiger partial charge on any atom is -0.346 e. The molecule has 1 aromatic heterocycles. The Hall–Kier alpha value is -2.46. The molecule has 1 heterocycles. The highest BCUT2D eigenvalue weighted by atomic mass is 32.1. The molecular formula is C19H16FNOS. The first kappa shape index (κ1) is 15.4. The molecule has 2 nitrogen and oxygen atoms in total. The molecule has 0 aliphatic rings. The smallest absolute Gasteiger partial charge is 0.251 e. The molecule has 23 heavy (non-hydrogen) atoms.